The van der Waals surface area contributed by atoms with Gasteiger partial charge in [0.1, 0.15) is 17.3 Å². The van der Waals surface area contributed by atoms with Gasteiger partial charge in [-0.3, -0.25) is 14.4 Å². The van der Waals surface area contributed by atoms with Crippen LogP contribution in [0.4, 0.5) is 0 Å². The van der Waals surface area contributed by atoms with Crippen LogP contribution in [0.25, 0.3) is 0 Å². The lowest BCUT2D eigenvalue weighted by Gasteiger charge is -2.15. The van der Waals surface area contributed by atoms with Crippen LogP contribution in [0.3, 0.4) is 0 Å². The summed E-state index contributed by atoms with van der Waals surface area (Å²) in [6, 6.07) is 0. The summed E-state index contributed by atoms with van der Waals surface area (Å²) in [5.41, 5.74) is 15.5. The van der Waals surface area contributed by atoms with Gasteiger partial charge >= 0.3 is 0 Å². The third kappa shape index (κ3) is 27.5. The molecule has 0 radical (unpaired) electrons. The molecule has 6 N–H and O–H groups in total. The van der Waals surface area contributed by atoms with Gasteiger partial charge in [-0.05, 0) is 58.2 Å². The molecule has 0 fully saturated rings. The van der Waals surface area contributed by atoms with E-state index in [2.05, 4.69) is 0 Å². The van der Waals surface area contributed by atoms with Crippen molar-refractivity contribution in [2.75, 3.05) is 19.6 Å². The van der Waals surface area contributed by atoms with E-state index in [1.54, 1.807) is 0 Å². The van der Waals surface area contributed by atoms with Crippen molar-refractivity contribution in [2.45, 2.75) is 139 Å². The second kappa shape index (κ2) is 21.9. The Hall–Kier alpha value is -1.11. The molecule has 6 heteroatoms. The van der Waals surface area contributed by atoms with Gasteiger partial charge in [0, 0.05) is 35.5 Å². The first-order valence-corrected chi connectivity index (χ1v) is 14.1. The molecular weight excluding hydrogens is 450 g/mol. The third-order valence-corrected chi connectivity index (χ3v) is 5.83. The van der Waals surface area contributed by atoms with Gasteiger partial charge in [-0.2, -0.15) is 0 Å². The highest BCUT2D eigenvalue weighted by Crippen LogP contribution is 2.20. The molecule has 216 valence electrons. The van der Waals surface area contributed by atoms with E-state index >= 15 is 0 Å². The first-order valence-electron chi connectivity index (χ1n) is 14.1. The molecule has 0 saturated carbocycles. The summed E-state index contributed by atoms with van der Waals surface area (Å²) in [4.78, 5) is 34.2. The van der Waals surface area contributed by atoms with Crippen molar-refractivity contribution in [2.24, 2.45) is 33.4 Å². The summed E-state index contributed by atoms with van der Waals surface area (Å²) in [6.45, 7) is 19.9. The van der Waals surface area contributed by atoms with Crippen LogP contribution in [-0.2, 0) is 14.4 Å². The number of unbranched alkanes of at least 4 members (excludes halogenated alkanes) is 6. The Labute approximate surface area is 224 Å². The fourth-order valence-corrected chi connectivity index (χ4v) is 2.95. The highest BCUT2D eigenvalue weighted by atomic mass is 16.1. The average molecular weight is 514 g/mol. The average Bonchev–Trinajstić information content (AvgIpc) is 2.75. The monoisotopic (exact) mass is 513 g/mol. The van der Waals surface area contributed by atoms with E-state index in [9.17, 15) is 14.4 Å². The summed E-state index contributed by atoms with van der Waals surface area (Å²) in [6.07, 6.45) is 11.5. The zero-order valence-electron chi connectivity index (χ0n) is 25.6. The van der Waals surface area contributed by atoms with Gasteiger partial charge in [-0.15, -0.1) is 0 Å². The number of ketones is 3. The number of rotatable bonds is 15. The number of nitrogens with two attached hydrogens (primary N) is 3. The second-order valence-corrected chi connectivity index (χ2v) is 12.8. The maximum Gasteiger partial charge on any atom is 0.138 e. The first-order chi connectivity index (χ1) is 16.4. The lowest BCUT2D eigenvalue weighted by atomic mass is 9.88. The van der Waals surface area contributed by atoms with E-state index in [0.29, 0.717) is 36.7 Å². The maximum atomic E-state index is 11.5. The van der Waals surface area contributed by atoms with E-state index in [1.165, 1.54) is 0 Å². The fraction of sp³-hybridized carbons (Fsp3) is 0.900. The van der Waals surface area contributed by atoms with Gasteiger partial charge in [0.25, 0.3) is 0 Å². The molecule has 0 atom stereocenters. The summed E-state index contributed by atoms with van der Waals surface area (Å²) in [5, 5.41) is 0. The Morgan fingerprint density at radius 3 is 0.833 bits per heavy atom. The third-order valence-electron chi connectivity index (χ3n) is 5.83. The largest absolute Gasteiger partial charge is 0.330 e. The van der Waals surface area contributed by atoms with Gasteiger partial charge in [0.15, 0.2) is 0 Å². The van der Waals surface area contributed by atoms with Crippen LogP contribution in [0, 0.1) is 16.2 Å². The second-order valence-electron chi connectivity index (χ2n) is 12.8. The molecule has 0 aliphatic carbocycles. The summed E-state index contributed by atoms with van der Waals surface area (Å²) < 4.78 is 0. The van der Waals surface area contributed by atoms with Crippen LogP contribution in [0.5, 0.6) is 0 Å². The van der Waals surface area contributed by atoms with Crippen LogP contribution in [0.2, 0.25) is 0 Å². The minimum atomic E-state index is -0.172. The lowest BCUT2D eigenvalue weighted by Crippen LogP contribution is -2.19. The molecule has 0 aliphatic rings. The number of hydrogen-bond acceptors (Lipinski definition) is 6. The zero-order valence-corrected chi connectivity index (χ0v) is 25.6. The number of hydrogen-bond donors (Lipinski definition) is 3. The smallest absolute Gasteiger partial charge is 0.138 e. The van der Waals surface area contributed by atoms with E-state index in [1.807, 2.05) is 62.3 Å². The van der Waals surface area contributed by atoms with Crippen molar-refractivity contribution in [3.8, 4) is 0 Å². The minimum Gasteiger partial charge on any atom is -0.330 e. The molecule has 36 heavy (non-hydrogen) atoms. The molecule has 0 saturated heterocycles. The molecule has 0 aromatic carbocycles. The maximum absolute atomic E-state index is 11.5. The predicted molar refractivity (Wildman–Crippen MR) is 156 cm³/mol. The fourth-order valence-electron chi connectivity index (χ4n) is 2.95. The van der Waals surface area contributed by atoms with Crippen molar-refractivity contribution >= 4 is 17.3 Å². The van der Waals surface area contributed by atoms with E-state index in [-0.39, 0.29) is 16.2 Å². The molecule has 0 amide bonds. The molecule has 0 rings (SSSR count). The predicted octanol–water partition coefficient (Wildman–Crippen LogP) is 6.36. The van der Waals surface area contributed by atoms with Crippen LogP contribution in [0.15, 0.2) is 0 Å². The Morgan fingerprint density at radius 2 is 0.583 bits per heavy atom. The number of Topliss-reactive ketones (excluding diaryl/α,β-unsaturated/α-hetero) is 3. The van der Waals surface area contributed by atoms with Crippen LogP contribution in [0.1, 0.15) is 139 Å². The Morgan fingerprint density at radius 1 is 0.389 bits per heavy atom. The van der Waals surface area contributed by atoms with Gasteiger partial charge in [0.05, 0.1) is 0 Å². The normalized spacial score (nSPS) is 11.7. The number of carbonyl (C=O) groups is 3. The molecular formula is C30H63N3O3. The van der Waals surface area contributed by atoms with Crippen LogP contribution in [-0.4, -0.2) is 37.0 Å². The zero-order chi connectivity index (χ0) is 28.8. The molecule has 0 heterocycles. The van der Waals surface area contributed by atoms with Gasteiger partial charge in [0.2, 0.25) is 0 Å². The number of carbonyl (C=O) groups excluding carboxylic acids is 3. The minimum absolute atomic E-state index is 0.159. The van der Waals surface area contributed by atoms with Gasteiger partial charge in [-0.25, -0.2) is 0 Å². The Bertz CT molecular complexity index is 567. The van der Waals surface area contributed by atoms with Gasteiger partial charge < -0.3 is 17.2 Å². The molecule has 0 unspecified atom stereocenters. The lowest BCUT2D eigenvalue weighted by molar-refractivity contribution is -0.127. The van der Waals surface area contributed by atoms with Crippen LogP contribution < -0.4 is 17.2 Å². The SMILES string of the molecule is CC(C)(C)C(=O)CCCCCCN.CC(C)(C)C(=O)CCCCCN.CC(C)(C)C(=O)CCCCN. The van der Waals surface area contributed by atoms with Crippen molar-refractivity contribution in [1.82, 2.24) is 0 Å². The van der Waals surface area contributed by atoms with Crippen molar-refractivity contribution in [3.63, 3.8) is 0 Å². The van der Waals surface area contributed by atoms with Crippen molar-refractivity contribution < 1.29 is 14.4 Å². The topological polar surface area (TPSA) is 129 Å². The molecule has 0 aromatic heterocycles. The quantitative estimate of drug-likeness (QED) is 0.218. The first kappa shape index (κ1) is 39.4. The van der Waals surface area contributed by atoms with Crippen molar-refractivity contribution in [1.29, 1.82) is 0 Å². The highest BCUT2D eigenvalue weighted by Gasteiger charge is 2.21. The molecule has 0 bridgehead atoms. The summed E-state index contributed by atoms with van der Waals surface area (Å²) in [5.74, 6) is 1.07. The van der Waals surface area contributed by atoms with E-state index < -0.39 is 0 Å². The molecule has 6 nitrogen and oxygen atoms in total. The molecule has 0 spiro atoms. The van der Waals surface area contributed by atoms with Crippen LogP contribution >= 0.6 is 0 Å². The van der Waals surface area contributed by atoms with E-state index in [0.717, 1.165) is 77.3 Å². The standard InChI is InChI=1S/C11H23NO.C10H21NO.C9H19NO/c1-11(2,3)10(13)8-6-4-5-7-9-12;1-10(2,3)9(12)7-5-4-6-8-11;1-9(2,3)8(11)6-4-5-7-10/h4-9,12H2,1-3H3;4-8,11H2,1-3H3;4-7,10H2,1-3H3. The summed E-state index contributed by atoms with van der Waals surface area (Å²) >= 11 is 0. The Balaban J connectivity index is -0.000000455. The molecule has 0 aromatic rings. The van der Waals surface area contributed by atoms with Crippen molar-refractivity contribution in [3.05, 3.63) is 0 Å². The molecule has 0 aliphatic heterocycles. The Kier molecular flexibility index (Phi) is 24.0. The van der Waals surface area contributed by atoms with E-state index in [4.69, 9.17) is 17.2 Å². The van der Waals surface area contributed by atoms with Gasteiger partial charge in [-0.1, -0.05) is 81.6 Å². The highest BCUT2D eigenvalue weighted by molar-refractivity contribution is 5.84. The summed E-state index contributed by atoms with van der Waals surface area (Å²) in [7, 11) is 0.